The number of benzene rings is 2. The van der Waals surface area contributed by atoms with Crippen LogP contribution in [-0.2, 0) is 17.8 Å². The molecule has 0 saturated carbocycles. The summed E-state index contributed by atoms with van der Waals surface area (Å²) < 4.78 is 10.9. The van der Waals surface area contributed by atoms with Crippen molar-refractivity contribution in [3.8, 4) is 11.5 Å². The van der Waals surface area contributed by atoms with E-state index in [0.717, 1.165) is 17.7 Å². The van der Waals surface area contributed by atoms with E-state index in [0.29, 0.717) is 18.1 Å². The van der Waals surface area contributed by atoms with Gasteiger partial charge < -0.3 is 9.47 Å². The Morgan fingerprint density at radius 1 is 0.929 bits per heavy atom. The third-order valence-electron chi connectivity index (χ3n) is 4.42. The van der Waals surface area contributed by atoms with Crippen LogP contribution in [0.1, 0.15) is 18.1 Å². The standard InChI is InChI=1S/C23H24N2O3/c1-3-18-7-13-21(14-8-18)28-17-23(26)25(22-6-4-5-15-24-22)16-19-9-11-20(27-2)12-10-19/h4-15H,3,16-17H2,1-2H3. The van der Waals surface area contributed by atoms with Crippen LogP contribution in [0.5, 0.6) is 11.5 Å². The molecule has 1 amide bonds. The molecule has 0 atom stereocenters. The third-order valence-corrected chi connectivity index (χ3v) is 4.42. The molecule has 0 radical (unpaired) electrons. The lowest BCUT2D eigenvalue weighted by Gasteiger charge is -2.22. The molecular formula is C23H24N2O3. The summed E-state index contributed by atoms with van der Waals surface area (Å²) >= 11 is 0. The topological polar surface area (TPSA) is 51.7 Å². The van der Waals surface area contributed by atoms with Crippen molar-refractivity contribution in [1.82, 2.24) is 4.98 Å². The molecule has 2 aromatic carbocycles. The van der Waals surface area contributed by atoms with Gasteiger partial charge in [0.15, 0.2) is 6.61 Å². The van der Waals surface area contributed by atoms with Gasteiger partial charge in [-0.2, -0.15) is 0 Å². The first-order valence-corrected chi connectivity index (χ1v) is 9.25. The molecule has 0 fully saturated rings. The lowest BCUT2D eigenvalue weighted by atomic mass is 10.2. The molecule has 3 aromatic rings. The molecule has 0 unspecified atom stereocenters. The van der Waals surface area contributed by atoms with Crippen LogP contribution in [0.25, 0.3) is 0 Å². The second-order valence-electron chi connectivity index (χ2n) is 6.30. The van der Waals surface area contributed by atoms with Crippen molar-refractivity contribution in [3.05, 3.63) is 84.1 Å². The molecule has 5 heteroatoms. The van der Waals surface area contributed by atoms with E-state index in [1.165, 1.54) is 5.56 Å². The summed E-state index contributed by atoms with van der Waals surface area (Å²) in [6.07, 6.45) is 2.64. The van der Waals surface area contributed by atoms with E-state index in [9.17, 15) is 4.79 Å². The number of carbonyl (C=O) groups is 1. The van der Waals surface area contributed by atoms with Gasteiger partial charge in [0.2, 0.25) is 0 Å². The maximum atomic E-state index is 12.9. The average molecular weight is 376 g/mol. The van der Waals surface area contributed by atoms with Crippen LogP contribution < -0.4 is 14.4 Å². The van der Waals surface area contributed by atoms with Crippen molar-refractivity contribution < 1.29 is 14.3 Å². The number of hydrogen-bond acceptors (Lipinski definition) is 4. The van der Waals surface area contributed by atoms with Crippen molar-refractivity contribution in [2.24, 2.45) is 0 Å². The van der Waals surface area contributed by atoms with Gasteiger partial charge in [-0.25, -0.2) is 4.98 Å². The first-order valence-electron chi connectivity index (χ1n) is 9.25. The number of anilines is 1. The molecule has 0 aliphatic rings. The lowest BCUT2D eigenvalue weighted by Crippen LogP contribution is -2.35. The van der Waals surface area contributed by atoms with Crippen LogP contribution in [-0.4, -0.2) is 24.6 Å². The summed E-state index contributed by atoms with van der Waals surface area (Å²) in [7, 11) is 1.63. The molecular weight excluding hydrogens is 352 g/mol. The van der Waals surface area contributed by atoms with Gasteiger partial charge in [0.1, 0.15) is 17.3 Å². The molecule has 0 spiro atoms. The summed E-state index contributed by atoms with van der Waals surface area (Å²) in [5, 5.41) is 0. The van der Waals surface area contributed by atoms with Gasteiger partial charge in [-0.05, 0) is 53.9 Å². The summed E-state index contributed by atoms with van der Waals surface area (Å²) in [4.78, 5) is 18.9. The number of ether oxygens (including phenoxy) is 2. The molecule has 0 aliphatic heterocycles. The maximum absolute atomic E-state index is 12.9. The second-order valence-corrected chi connectivity index (χ2v) is 6.30. The van der Waals surface area contributed by atoms with E-state index in [4.69, 9.17) is 9.47 Å². The van der Waals surface area contributed by atoms with Crippen molar-refractivity contribution in [1.29, 1.82) is 0 Å². The Balaban J connectivity index is 1.72. The van der Waals surface area contributed by atoms with Crippen molar-refractivity contribution >= 4 is 11.7 Å². The number of aryl methyl sites for hydroxylation is 1. The van der Waals surface area contributed by atoms with Crippen LogP contribution in [0.3, 0.4) is 0 Å². The lowest BCUT2D eigenvalue weighted by molar-refractivity contribution is -0.120. The van der Waals surface area contributed by atoms with Gasteiger partial charge >= 0.3 is 0 Å². The largest absolute Gasteiger partial charge is 0.497 e. The number of hydrogen-bond donors (Lipinski definition) is 0. The van der Waals surface area contributed by atoms with Crippen LogP contribution in [0.15, 0.2) is 72.9 Å². The van der Waals surface area contributed by atoms with Gasteiger partial charge in [-0.3, -0.25) is 9.69 Å². The Hall–Kier alpha value is -3.34. The molecule has 0 bridgehead atoms. The van der Waals surface area contributed by atoms with Gasteiger partial charge in [0.05, 0.1) is 13.7 Å². The molecule has 28 heavy (non-hydrogen) atoms. The Morgan fingerprint density at radius 2 is 1.61 bits per heavy atom. The van der Waals surface area contributed by atoms with E-state index in [2.05, 4.69) is 11.9 Å². The second kappa shape index (κ2) is 9.55. The SMILES string of the molecule is CCc1ccc(OCC(=O)N(Cc2ccc(OC)cc2)c2ccccn2)cc1. The summed E-state index contributed by atoms with van der Waals surface area (Å²) in [5.41, 5.74) is 2.21. The summed E-state index contributed by atoms with van der Waals surface area (Å²) in [6.45, 7) is 2.44. The molecule has 3 rings (SSSR count). The van der Waals surface area contributed by atoms with E-state index in [1.807, 2.05) is 66.7 Å². The minimum absolute atomic E-state index is 0.0573. The van der Waals surface area contributed by atoms with Gasteiger partial charge in [-0.1, -0.05) is 37.3 Å². The minimum Gasteiger partial charge on any atom is -0.497 e. The molecule has 1 aromatic heterocycles. The monoisotopic (exact) mass is 376 g/mol. The van der Waals surface area contributed by atoms with Crippen LogP contribution in [0, 0.1) is 0 Å². The van der Waals surface area contributed by atoms with E-state index >= 15 is 0 Å². The summed E-state index contributed by atoms with van der Waals surface area (Å²) in [5.74, 6) is 1.89. The Bertz CT molecular complexity index is 878. The highest BCUT2D eigenvalue weighted by Crippen LogP contribution is 2.18. The van der Waals surface area contributed by atoms with Crippen molar-refractivity contribution in [2.45, 2.75) is 19.9 Å². The van der Waals surface area contributed by atoms with Crippen molar-refractivity contribution in [3.63, 3.8) is 0 Å². The normalized spacial score (nSPS) is 10.4. The quantitative estimate of drug-likeness (QED) is 0.589. The molecule has 0 saturated heterocycles. The van der Waals surface area contributed by atoms with Crippen LogP contribution in [0.2, 0.25) is 0 Å². The predicted molar refractivity (Wildman–Crippen MR) is 110 cm³/mol. The fourth-order valence-electron chi connectivity index (χ4n) is 2.77. The van der Waals surface area contributed by atoms with Gasteiger partial charge in [0, 0.05) is 6.20 Å². The fraction of sp³-hybridized carbons (Fsp3) is 0.217. The average Bonchev–Trinajstić information content (AvgIpc) is 2.77. The highest BCUT2D eigenvalue weighted by Gasteiger charge is 2.18. The fourth-order valence-corrected chi connectivity index (χ4v) is 2.77. The van der Waals surface area contributed by atoms with E-state index in [1.54, 1.807) is 18.2 Å². The van der Waals surface area contributed by atoms with Crippen LogP contribution in [0.4, 0.5) is 5.82 Å². The number of pyridine rings is 1. The van der Waals surface area contributed by atoms with E-state index in [-0.39, 0.29) is 12.5 Å². The smallest absolute Gasteiger partial charge is 0.266 e. The summed E-state index contributed by atoms with van der Waals surface area (Å²) in [6, 6.07) is 20.9. The van der Waals surface area contributed by atoms with Gasteiger partial charge in [0.25, 0.3) is 5.91 Å². The zero-order valence-corrected chi connectivity index (χ0v) is 16.2. The van der Waals surface area contributed by atoms with Gasteiger partial charge in [-0.15, -0.1) is 0 Å². The molecule has 0 N–H and O–H groups in total. The third kappa shape index (κ3) is 5.10. The number of rotatable bonds is 8. The predicted octanol–water partition coefficient (Wildman–Crippen LogP) is 4.26. The number of methoxy groups -OCH3 is 1. The highest BCUT2D eigenvalue weighted by molar-refractivity contribution is 5.93. The zero-order chi connectivity index (χ0) is 19.8. The molecule has 5 nitrogen and oxygen atoms in total. The number of nitrogens with zero attached hydrogens (tertiary/aromatic N) is 2. The minimum atomic E-state index is -0.158. The first-order chi connectivity index (χ1) is 13.7. The zero-order valence-electron chi connectivity index (χ0n) is 16.2. The van der Waals surface area contributed by atoms with E-state index < -0.39 is 0 Å². The number of carbonyl (C=O) groups excluding carboxylic acids is 1. The molecule has 0 aliphatic carbocycles. The molecule has 144 valence electrons. The molecule has 1 heterocycles. The number of aromatic nitrogens is 1. The first kappa shape index (κ1) is 19.4. The Morgan fingerprint density at radius 3 is 2.21 bits per heavy atom. The number of amides is 1. The van der Waals surface area contributed by atoms with Crippen LogP contribution >= 0.6 is 0 Å². The maximum Gasteiger partial charge on any atom is 0.266 e. The Kier molecular flexibility index (Phi) is 6.63. The van der Waals surface area contributed by atoms with Crippen molar-refractivity contribution in [2.75, 3.05) is 18.6 Å². The highest BCUT2D eigenvalue weighted by atomic mass is 16.5. The Labute approximate surface area is 165 Å².